The van der Waals surface area contributed by atoms with E-state index >= 15 is 0 Å². The number of nitrogens with zero attached hydrogens (tertiary/aromatic N) is 3. The van der Waals surface area contributed by atoms with Gasteiger partial charge in [-0.1, -0.05) is 17.3 Å². The van der Waals surface area contributed by atoms with Crippen LogP contribution in [0.25, 0.3) is 11.4 Å². The molecule has 0 bridgehead atoms. The van der Waals surface area contributed by atoms with Gasteiger partial charge in [0.15, 0.2) is 0 Å². The summed E-state index contributed by atoms with van der Waals surface area (Å²) in [4.78, 5) is 20.9. The molecule has 2 aromatic heterocycles. The molecule has 0 radical (unpaired) electrons. The molecule has 0 spiro atoms. The van der Waals surface area contributed by atoms with Crippen LogP contribution in [0.4, 0.5) is 0 Å². The molecule has 1 aromatic carbocycles. The largest absolute Gasteiger partial charge is 0.497 e. The van der Waals surface area contributed by atoms with Crippen molar-refractivity contribution in [2.45, 2.75) is 19.4 Å². The first-order valence-corrected chi connectivity index (χ1v) is 8.92. The Hall–Kier alpha value is -2.78. The van der Waals surface area contributed by atoms with E-state index in [-0.39, 0.29) is 5.91 Å². The van der Waals surface area contributed by atoms with E-state index in [0.717, 1.165) is 10.6 Å². The number of carbonyl (C=O) groups excluding carboxylic acids is 1. The Morgan fingerprint density at radius 2 is 2.27 bits per heavy atom. The number of thiazole rings is 1. The molecule has 3 aromatic rings. The number of methoxy groups -OCH3 is 1. The Morgan fingerprint density at radius 3 is 3.04 bits per heavy atom. The van der Waals surface area contributed by atoms with Gasteiger partial charge in [0.2, 0.25) is 11.7 Å². The summed E-state index contributed by atoms with van der Waals surface area (Å²) in [5, 5.41) is 9.33. The minimum atomic E-state index is -0.450. The summed E-state index contributed by atoms with van der Waals surface area (Å²) >= 11 is 1.41. The first-order chi connectivity index (χ1) is 12.6. The van der Waals surface area contributed by atoms with E-state index < -0.39 is 6.04 Å². The number of amides is 1. The van der Waals surface area contributed by atoms with E-state index in [1.165, 1.54) is 11.3 Å². The normalized spacial score (nSPS) is 12.0. The zero-order chi connectivity index (χ0) is 18.5. The van der Waals surface area contributed by atoms with Gasteiger partial charge < -0.3 is 20.3 Å². The monoisotopic (exact) mass is 373 g/mol. The van der Waals surface area contributed by atoms with Crippen LogP contribution in [0, 0.1) is 0 Å². The van der Waals surface area contributed by atoms with Crippen LogP contribution in [-0.2, 0) is 6.42 Å². The number of hydrogen-bond donors (Lipinski definition) is 2. The molecule has 9 heteroatoms. The van der Waals surface area contributed by atoms with Gasteiger partial charge in [0.05, 0.1) is 12.1 Å². The van der Waals surface area contributed by atoms with Crippen molar-refractivity contribution in [1.29, 1.82) is 0 Å². The Morgan fingerprint density at radius 1 is 1.42 bits per heavy atom. The molecule has 0 aliphatic rings. The van der Waals surface area contributed by atoms with E-state index in [4.69, 9.17) is 15.0 Å². The van der Waals surface area contributed by atoms with Crippen molar-refractivity contribution in [3.8, 4) is 17.1 Å². The highest BCUT2D eigenvalue weighted by Gasteiger charge is 2.19. The molecule has 0 fully saturated rings. The van der Waals surface area contributed by atoms with Crippen LogP contribution in [0.2, 0.25) is 0 Å². The lowest BCUT2D eigenvalue weighted by Crippen LogP contribution is -2.27. The van der Waals surface area contributed by atoms with E-state index in [1.807, 2.05) is 24.3 Å². The van der Waals surface area contributed by atoms with Crippen molar-refractivity contribution >= 4 is 17.2 Å². The van der Waals surface area contributed by atoms with Gasteiger partial charge in [-0.05, 0) is 25.6 Å². The molecule has 0 aliphatic carbocycles. The SMILES string of the molecule is COc1cccc(-c2noc(C(C)NC(=O)c3csc(CCN)n3)n2)c1. The van der Waals surface area contributed by atoms with Gasteiger partial charge >= 0.3 is 0 Å². The fraction of sp³-hybridized carbons (Fsp3) is 0.294. The lowest BCUT2D eigenvalue weighted by Gasteiger charge is -2.07. The minimum absolute atomic E-state index is 0.293. The number of ether oxygens (including phenoxy) is 1. The van der Waals surface area contributed by atoms with E-state index in [2.05, 4.69) is 20.4 Å². The van der Waals surface area contributed by atoms with Crippen molar-refractivity contribution in [2.24, 2.45) is 5.73 Å². The molecular weight excluding hydrogens is 354 g/mol. The van der Waals surface area contributed by atoms with Gasteiger partial charge in [0.25, 0.3) is 5.91 Å². The second-order valence-electron chi connectivity index (χ2n) is 5.55. The molecule has 3 N–H and O–H groups in total. The van der Waals surface area contributed by atoms with Crippen molar-refractivity contribution in [1.82, 2.24) is 20.4 Å². The number of carbonyl (C=O) groups is 1. The third-order valence-corrected chi connectivity index (χ3v) is 4.54. The second kappa shape index (κ2) is 8.07. The van der Waals surface area contributed by atoms with E-state index in [9.17, 15) is 4.79 Å². The Kier molecular flexibility index (Phi) is 5.59. The number of nitrogens with two attached hydrogens (primary N) is 1. The summed E-state index contributed by atoms with van der Waals surface area (Å²) < 4.78 is 10.5. The fourth-order valence-corrected chi connectivity index (χ4v) is 3.07. The molecule has 3 rings (SSSR count). The van der Waals surface area contributed by atoms with E-state index in [1.54, 1.807) is 19.4 Å². The summed E-state index contributed by atoms with van der Waals surface area (Å²) in [5.41, 5.74) is 6.63. The van der Waals surface area contributed by atoms with Gasteiger partial charge in [-0.3, -0.25) is 4.79 Å². The molecule has 0 saturated heterocycles. The van der Waals surface area contributed by atoms with Crippen LogP contribution in [0.3, 0.4) is 0 Å². The zero-order valence-corrected chi connectivity index (χ0v) is 15.2. The first kappa shape index (κ1) is 18.0. The van der Waals surface area contributed by atoms with Crippen molar-refractivity contribution in [3.63, 3.8) is 0 Å². The number of nitrogens with one attached hydrogen (secondary N) is 1. The molecule has 8 nitrogen and oxygen atoms in total. The summed E-state index contributed by atoms with van der Waals surface area (Å²) in [5.74, 6) is 1.15. The summed E-state index contributed by atoms with van der Waals surface area (Å²) in [6.07, 6.45) is 0.654. The molecule has 1 atom stereocenters. The molecule has 2 heterocycles. The third kappa shape index (κ3) is 4.06. The average molecular weight is 373 g/mol. The van der Waals surface area contributed by atoms with Crippen LogP contribution in [-0.4, -0.2) is 34.7 Å². The fourth-order valence-electron chi connectivity index (χ4n) is 2.28. The molecule has 0 saturated carbocycles. The van der Waals surface area contributed by atoms with Crippen LogP contribution in [0.15, 0.2) is 34.2 Å². The standard InChI is InChI=1S/C17H19N5O3S/c1-10(19-16(23)13-9-26-14(20-13)6-7-18)17-21-15(22-25-17)11-4-3-5-12(8-11)24-2/h3-5,8-10H,6-7,18H2,1-2H3,(H,19,23). The second-order valence-corrected chi connectivity index (χ2v) is 6.49. The Labute approximate surface area is 154 Å². The summed E-state index contributed by atoms with van der Waals surface area (Å²) in [6, 6.07) is 6.89. The van der Waals surface area contributed by atoms with Crippen LogP contribution >= 0.6 is 11.3 Å². The van der Waals surface area contributed by atoms with E-state index in [0.29, 0.717) is 36.1 Å². The van der Waals surface area contributed by atoms with Gasteiger partial charge in [-0.25, -0.2) is 4.98 Å². The minimum Gasteiger partial charge on any atom is -0.497 e. The molecule has 136 valence electrons. The quantitative estimate of drug-likeness (QED) is 0.652. The third-order valence-electron chi connectivity index (χ3n) is 3.63. The molecular formula is C17H19N5O3S. The number of aromatic nitrogens is 3. The predicted molar refractivity (Wildman–Crippen MR) is 97.0 cm³/mol. The maximum absolute atomic E-state index is 12.3. The smallest absolute Gasteiger partial charge is 0.271 e. The summed E-state index contributed by atoms with van der Waals surface area (Å²) in [7, 11) is 1.59. The predicted octanol–water partition coefficient (Wildman–Crippen LogP) is 2.19. The molecule has 0 aliphatic heterocycles. The molecule has 1 amide bonds. The topological polar surface area (TPSA) is 116 Å². The zero-order valence-electron chi connectivity index (χ0n) is 14.4. The van der Waals surface area contributed by atoms with Crippen molar-refractivity contribution in [3.05, 3.63) is 46.2 Å². The maximum atomic E-state index is 12.3. The highest BCUT2D eigenvalue weighted by Crippen LogP contribution is 2.23. The van der Waals surface area contributed by atoms with Gasteiger partial charge in [0.1, 0.15) is 17.5 Å². The molecule has 1 unspecified atom stereocenters. The van der Waals surface area contributed by atoms with Gasteiger partial charge in [-0.2, -0.15) is 4.98 Å². The highest BCUT2D eigenvalue weighted by molar-refractivity contribution is 7.09. The van der Waals surface area contributed by atoms with Gasteiger partial charge in [0, 0.05) is 17.4 Å². The van der Waals surface area contributed by atoms with Crippen LogP contribution in [0.1, 0.15) is 34.4 Å². The lowest BCUT2D eigenvalue weighted by atomic mass is 10.2. The maximum Gasteiger partial charge on any atom is 0.271 e. The first-order valence-electron chi connectivity index (χ1n) is 8.04. The van der Waals surface area contributed by atoms with Gasteiger partial charge in [-0.15, -0.1) is 11.3 Å². The lowest BCUT2D eigenvalue weighted by molar-refractivity contribution is 0.0928. The Bertz CT molecular complexity index is 892. The van der Waals surface area contributed by atoms with Crippen molar-refractivity contribution in [2.75, 3.05) is 13.7 Å². The highest BCUT2D eigenvalue weighted by atomic mass is 32.1. The number of rotatable bonds is 7. The summed E-state index contributed by atoms with van der Waals surface area (Å²) in [6.45, 7) is 2.27. The molecule has 26 heavy (non-hydrogen) atoms. The average Bonchev–Trinajstić information content (AvgIpc) is 3.32. The van der Waals surface area contributed by atoms with Crippen molar-refractivity contribution < 1.29 is 14.1 Å². The number of hydrogen-bond acceptors (Lipinski definition) is 8. The van der Waals surface area contributed by atoms with Crippen LogP contribution < -0.4 is 15.8 Å². The Balaban J connectivity index is 1.69. The van der Waals surface area contributed by atoms with Crippen LogP contribution in [0.5, 0.6) is 5.75 Å². The number of benzene rings is 1.